The monoisotopic (exact) mass is 617 g/mol. The number of ether oxygens (including phenoxy) is 2. The zero-order chi connectivity index (χ0) is 32.4. The predicted molar refractivity (Wildman–Crippen MR) is 177 cm³/mol. The third-order valence-corrected chi connectivity index (χ3v) is 9.27. The molecule has 0 bridgehead atoms. The van der Waals surface area contributed by atoms with Crippen LogP contribution in [0.1, 0.15) is 98.7 Å². The van der Waals surface area contributed by atoms with Gasteiger partial charge in [0.1, 0.15) is 12.6 Å². The van der Waals surface area contributed by atoms with Crippen molar-refractivity contribution in [2.24, 2.45) is 7.05 Å². The molecule has 3 aromatic rings. The number of piperidine rings is 1. The fourth-order valence-corrected chi connectivity index (χ4v) is 6.91. The van der Waals surface area contributed by atoms with E-state index >= 15 is 0 Å². The summed E-state index contributed by atoms with van der Waals surface area (Å²) >= 11 is 0. The Morgan fingerprint density at radius 2 is 1.80 bits per heavy atom. The number of hydrogen-bond donors (Lipinski definition) is 0. The van der Waals surface area contributed by atoms with E-state index in [-0.39, 0.29) is 12.0 Å². The molecule has 244 valence electrons. The Morgan fingerprint density at radius 1 is 1.02 bits per heavy atom. The van der Waals surface area contributed by atoms with Crippen molar-refractivity contribution in [1.82, 2.24) is 15.0 Å². The van der Waals surface area contributed by atoms with Crippen LogP contribution in [0.2, 0.25) is 0 Å². The van der Waals surface area contributed by atoms with E-state index in [1.165, 1.54) is 16.7 Å². The van der Waals surface area contributed by atoms with Gasteiger partial charge in [-0.25, -0.2) is 0 Å². The highest BCUT2D eigenvalue weighted by atomic mass is 16.6. The molecular weight excluding hydrogens is 564 g/mol. The van der Waals surface area contributed by atoms with E-state index < -0.39 is 0 Å². The molecule has 0 saturated carbocycles. The first kappa shape index (κ1) is 34.4. The molecule has 4 rings (SSSR count). The zero-order valence-corrected chi connectivity index (χ0v) is 28.4. The van der Waals surface area contributed by atoms with Gasteiger partial charge in [-0.3, -0.25) is 14.3 Å². The zero-order valence-electron chi connectivity index (χ0n) is 28.4. The molecule has 8 nitrogen and oxygen atoms in total. The Balaban J connectivity index is 1.62. The predicted octanol–water partition coefficient (Wildman–Crippen LogP) is 6.94. The number of carbonyl (C=O) groups excluding carboxylic acids is 2. The first-order valence-electron chi connectivity index (χ1n) is 16.9. The number of hydrogen-bond acceptors (Lipinski definition) is 6. The van der Waals surface area contributed by atoms with E-state index in [2.05, 4.69) is 61.4 Å². The maximum atomic E-state index is 14.2. The van der Waals surface area contributed by atoms with Gasteiger partial charge >= 0.3 is 5.97 Å². The Labute approximate surface area is 269 Å². The van der Waals surface area contributed by atoms with Crippen molar-refractivity contribution in [2.45, 2.75) is 111 Å². The van der Waals surface area contributed by atoms with Crippen molar-refractivity contribution in [3.05, 3.63) is 70.0 Å². The quantitative estimate of drug-likeness (QED) is 0.0750. The molecule has 1 aliphatic rings. The third kappa shape index (κ3) is 9.03. The number of rotatable bonds is 16. The van der Waals surface area contributed by atoms with Crippen molar-refractivity contribution < 1.29 is 23.5 Å². The summed E-state index contributed by atoms with van der Waals surface area (Å²) in [6.07, 6.45) is 10.3. The highest BCUT2D eigenvalue weighted by molar-refractivity contribution is 5.85. The van der Waals surface area contributed by atoms with Gasteiger partial charge < -0.3 is 14.0 Å². The number of unbranched alkanes of at least 4 members (excludes halogenated alkanes) is 1. The molecule has 45 heavy (non-hydrogen) atoms. The Morgan fingerprint density at radius 3 is 2.49 bits per heavy atom. The number of benzene rings is 2. The van der Waals surface area contributed by atoms with Gasteiger partial charge in [0.2, 0.25) is 0 Å². The number of aromatic nitrogens is 3. The van der Waals surface area contributed by atoms with Crippen LogP contribution in [0.4, 0.5) is 0 Å². The van der Waals surface area contributed by atoms with Crippen LogP contribution in [0.25, 0.3) is 0 Å². The lowest BCUT2D eigenvalue weighted by Gasteiger charge is -2.47. The highest BCUT2D eigenvalue weighted by Crippen LogP contribution is 2.37. The van der Waals surface area contributed by atoms with Crippen LogP contribution in [0, 0.1) is 20.8 Å². The average molecular weight is 618 g/mol. The van der Waals surface area contributed by atoms with E-state index in [9.17, 15) is 9.59 Å². The summed E-state index contributed by atoms with van der Waals surface area (Å²) in [5, 5.41) is 8.20. The van der Waals surface area contributed by atoms with Gasteiger partial charge in [0.05, 0.1) is 25.4 Å². The van der Waals surface area contributed by atoms with E-state index in [4.69, 9.17) is 9.47 Å². The first-order chi connectivity index (χ1) is 21.7. The fraction of sp³-hybridized carbons (Fsp3) is 0.568. The largest absolute Gasteiger partial charge is 0.490 e. The maximum absolute atomic E-state index is 14.2. The lowest BCUT2D eigenvalue weighted by Crippen LogP contribution is -2.61. The Hall–Kier alpha value is -3.52. The van der Waals surface area contributed by atoms with Crippen LogP contribution >= 0.6 is 0 Å². The van der Waals surface area contributed by atoms with Crippen LogP contribution in [0.5, 0.6) is 11.5 Å². The molecule has 0 amide bonds. The standard InChI is InChI=1S/C37H53N4O4/c1-7-9-19-41(20-11-10-18-33(41)34(42)24-32-27(3)15-12-16-28(32)4)26-30-22-29(5)37(45-36(43)14-8-2)35(23-30)44-21-13-17-31-25-40(6)39-38-31/h12,15-16,22-23,25,33H,7-11,13-14,17-21,24,26H2,1-6H3/q+1. The summed E-state index contributed by atoms with van der Waals surface area (Å²) in [6.45, 7) is 13.6. The number of likely N-dealkylation sites (tertiary alicyclic amines) is 1. The Kier molecular flexibility index (Phi) is 12.3. The molecule has 2 heterocycles. The van der Waals surface area contributed by atoms with Crippen LogP contribution < -0.4 is 9.47 Å². The number of carbonyl (C=O) groups is 2. The average Bonchev–Trinajstić information content (AvgIpc) is 3.42. The van der Waals surface area contributed by atoms with Gasteiger partial charge in [0, 0.05) is 38.1 Å². The lowest BCUT2D eigenvalue weighted by atomic mass is 9.88. The molecule has 0 N–H and O–H groups in total. The number of quaternary nitrogens is 1. The molecular formula is C37H53N4O4+. The number of ketones is 1. The number of aryl methyl sites for hydroxylation is 5. The third-order valence-electron chi connectivity index (χ3n) is 9.27. The van der Waals surface area contributed by atoms with Gasteiger partial charge in [-0.15, -0.1) is 5.10 Å². The van der Waals surface area contributed by atoms with E-state index in [1.54, 1.807) is 4.68 Å². The summed E-state index contributed by atoms with van der Waals surface area (Å²) in [5.41, 5.74) is 6.48. The first-order valence-corrected chi connectivity index (χ1v) is 16.9. The van der Waals surface area contributed by atoms with Crippen LogP contribution in [0.15, 0.2) is 36.5 Å². The summed E-state index contributed by atoms with van der Waals surface area (Å²) < 4.78 is 14.7. The lowest BCUT2D eigenvalue weighted by molar-refractivity contribution is -0.959. The van der Waals surface area contributed by atoms with Gasteiger partial charge in [-0.1, -0.05) is 43.7 Å². The molecule has 1 fully saturated rings. The molecule has 1 aliphatic heterocycles. The fourth-order valence-electron chi connectivity index (χ4n) is 6.91. The van der Waals surface area contributed by atoms with Crippen molar-refractivity contribution in [2.75, 3.05) is 19.7 Å². The molecule has 8 heteroatoms. The molecule has 0 radical (unpaired) electrons. The maximum Gasteiger partial charge on any atom is 0.311 e. The number of esters is 1. The second-order valence-electron chi connectivity index (χ2n) is 13.0. The highest BCUT2D eigenvalue weighted by Gasteiger charge is 2.43. The summed E-state index contributed by atoms with van der Waals surface area (Å²) in [5.74, 6) is 1.19. The van der Waals surface area contributed by atoms with E-state index in [1.807, 2.05) is 27.1 Å². The van der Waals surface area contributed by atoms with Crippen LogP contribution in [-0.4, -0.2) is 57.0 Å². The molecule has 1 saturated heterocycles. The molecule has 0 aliphatic carbocycles. The van der Waals surface area contributed by atoms with Crippen molar-refractivity contribution in [3.63, 3.8) is 0 Å². The molecule has 2 unspecified atom stereocenters. The minimum Gasteiger partial charge on any atom is -0.490 e. The minimum atomic E-state index is -0.252. The SMILES string of the molecule is CCCC[N+]1(Cc2cc(C)c(OC(=O)CCC)c(OCCCc3cn(C)nn3)c2)CCCCC1C(=O)Cc1c(C)cccc1C. The van der Waals surface area contributed by atoms with Gasteiger partial charge in [-0.05, 0) is 93.7 Å². The summed E-state index contributed by atoms with van der Waals surface area (Å²) in [6, 6.07) is 10.4. The molecule has 0 spiro atoms. The minimum absolute atomic E-state index is 0.0389. The van der Waals surface area contributed by atoms with E-state index in [0.717, 1.165) is 92.3 Å². The van der Waals surface area contributed by atoms with Gasteiger partial charge in [0.25, 0.3) is 0 Å². The molecule has 1 aromatic heterocycles. The van der Waals surface area contributed by atoms with Gasteiger partial charge in [-0.2, -0.15) is 0 Å². The second-order valence-corrected chi connectivity index (χ2v) is 13.0. The molecule has 2 aromatic carbocycles. The van der Waals surface area contributed by atoms with Gasteiger partial charge in [0.15, 0.2) is 17.3 Å². The van der Waals surface area contributed by atoms with Crippen LogP contribution in [0.3, 0.4) is 0 Å². The summed E-state index contributed by atoms with van der Waals surface area (Å²) in [7, 11) is 1.86. The topological polar surface area (TPSA) is 83.3 Å². The number of nitrogens with zero attached hydrogens (tertiary/aromatic N) is 4. The van der Waals surface area contributed by atoms with E-state index in [0.29, 0.717) is 36.7 Å². The summed E-state index contributed by atoms with van der Waals surface area (Å²) in [4.78, 5) is 26.8. The van der Waals surface area contributed by atoms with Crippen molar-refractivity contribution in [1.29, 1.82) is 0 Å². The Bertz CT molecular complexity index is 1430. The second kappa shape index (κ2) is 16.2. The number of Topliss-reactive ketones (excluding diaryl/α,β-unsaturated/α-hetero) is 1. The smallest absolute Gasteiger partial charge is 0.311 e. The van der Waals surface area contributed by atoms with Crippen LogP contribution in [-0.2, 0) is 36.0 Å². The van der Waals surface area contributed by atoms with Crippen molar-refractivity contribution in [3.8, 4) is 11.5 Å². The normalized spacial score (nSPS) is 18.1. The molecule has 2 atom stereocenters. The van der Waals surface area contributed by atoms with Crippen molar-refractivity contribution >= 4 is 11.8 Å².